The lowest BCUT2D eigenvalue weighted by Crippen LogP contribution is -2.36. The second kappa shape index (κ2) is 2.67. The number of hydrogen-bond acceptors (Lipinski definition) is 2. The van der Waals surface area contributed by atoms with Crippen LogP contribution < -0.4 is 5.73 Å². The van der Waals surface area contributed by atoms with Crippen LogP contribution in [0.5, 0.6) is 0 Å². The molecule has 2 N–H and O–H groups in total. The Morgan fingerprint density at radius 1 is 1.67 bits per heavy atom. The summed E-state index contributed by atoms with van der Waals surface area (Å²) in [7, 11) is 2.15. The van der Waals surface area contributed by atoms with Gasteiger partial charge in [0.2, 0.25) is 0 Å². The van der Waals surface area contributed by atoms with Gasteiger partial charge >= 0.3 is 0 Å². The van der Waals surface area contributed by atoms with E-state index in [-0.39, 0.29) is 0 Å². The SMILES string of the molecule is CC[C@@H]1[C@H](N)CCN1C. The zero-order valence-electron chi connectivity index (χ0n) is 6.30. The van der Waals surface area contributed by atoms with Gasteiger partial charge in [-0.15, -0.1) is 0 Å². The summed E-state index contributed by atoms with van der Waals surface area (Å²) in [5, 5.41) is 0. The van der Waals surface area contributed by atoms with E-state index < -0.39 is 0 Å². The lowest BCUT2D eigenvalue weighted by atomic mass is 10.1. The summed E-state index contributed by atoms with van der Waals surface area (Å²) < 4.78 is 0. The zero-order valence-corrected chi connectivity index (χ0v) is 6.30. The van der Waals surface area contributed by atoms with Crippen molar-refractivity contribution < 1.29 is 0 Å². The van der Waals surface area contributed by atoms with Gasteiger partial charge in [-0.2, -0.15) is 0 Å². The van der Waals surface area contributed by atoms with E-state index in [0.717, 1.165) is 0 Å². The average Bonchev–Trinajstić information content (AvgIpc) is 2.12. The smallest absolute Gasteiger partial charge is 0.0242 e. The van der Waals surface area contributed by atoms with Crippen LogP contribution >= 0.6 is 0 Å². The topological polar surface area (TPSA) is 29.3 Å². The number of likely N-dealkylation sites (tertiary alicyclic amines) is 1. The van der Waals surface area contributed by atoms with Crippen LogP contribution in [-0.2, 0) is 0 Å². The van der Waals surface area contributed by atoms with Crippen LogP contribution in [-0.4, -0.2) is 30.6 Å². The number of rotatable bonds is 1. The van der Waals surface area contributed by atoms with E-state index in [2.05, 4.69) is 18.9 Å². The van der Waals surface area contributed by atoms with Gasteiger partial charge in [0, 0.05) is 12.1 Å². The molecule has 54 valence electrons. The van der Waals surface area contributed by atoms with Gasteiger partial charge < -0.3 is 10.6 Å². The minimum absolute atomic E-state index is 0.431. The molecule has 0 aliphatic carbocycles. The first-order valence-electron chi connectivity index (χ1n) is 3.71. The summed E-state index contributed by atoms with van der Waals surface area (Å²) in [5.74, 6) is 0. The second-order valence-electron chi connectivity index (χ2n) is 2.91. The lowest BCUT2D eigenvalue weighted by molar-refractivity contribution is 0.291. The van der Waals surface area contributed by atoms with Gasteiger partial charge in [0.25, 0.3) is 0 Å². The van der Waals surface area contributed by atoms with Crippen molar-refractivity contribution in [3.63, 3.8) is 0 Å². The first-order valence-corrected chi connectivity index (χ1v) is 3.71. The Labute approximate surface area is 57.0 Å². The third kappa shape index (κ3) is 1.25. The maximum atomic E-state index is 5.84. The van der Waals surface area contributed by atoms with Crippen LogP contribution in [0.2, 0.25) is 0 Å². The normalized spacial score (nSPS) is 37.7. The van der Waals surface area contributed by atoms with E-state index >= 15 is 0 Å². The first kappa shape index (κ1) is 7.03. The maximum Gasteiger partial charge on any atom is 0.0242 e. The van der Waals surface area contributed by atoms with Crippen molar-refractivity contribution in [2.45, 2.75) is 31.8 Å². The minimum Gasteiger partial charge on any atom is -0.326 e. The Morgan fingerprint density at radius 3 is 2.56 bits per heavy atom. The van der Waals surface area contributed by atoms with Gasteiger partial charge in [0.1, 0.15) is 0 Å². The first-order chi connectivity index (χ1) is 4.25. The van der Waals surface area contributed by atoms with Gasteiger partial charge in [-0.05, 0) is 26.4 Å². The molecule has 1 heterocycles. The van der Waals surface area contributed by atoms with Crippen LogP contribution in [0.15, 0.2) is 0 Å². The Bertz CT molecular complexity index is 82.9. The summed E-state index contributed by atoms with van der Waals surface area (Å²) in [5.41, 5.74) is 5.84. The van der Waals surface area contributed by atoms with Crippen molar-refractivity contribution in [2.75, 3.05) is 13.6 Å². The van der Waals surface area contributed by atoms with Crippen molar-refractivity contribution in [3.05, 3.63) is 0 Å². The van der Waals surface area contributed by atoms with Gasteiger partial charge in [0.05, 0.1) is 0 Å². The van der Waals surface area contributed by atoms with Gasteiger partial charge in [-0.3, -0.25) is 0 Å². The standard InChI is InChI=1S/C7H16N2/c1-3-7-6(8)4-5-9(7)2/h6-7H,3-5,8H2,1-2H3/t6-,7-/m1/s1. The van der Waals surface area contributed by atoms with Crippen molar-refractivity contribution in [3.8, 4) is 0 Å². The van der Waals surface area contributed by atoms with Crippen LogP contribution in [0, 0.1) is 0 Å². The summed E-state index contributed by atoms with van der Waals surface area (Å²) in [6, 6.07) is 1.07. The molecule has 0 unspecified atom stereocenters. The van der Waals surface area contributed by atoms with Crippen molar-refractivity contribution in [2.24, 2.45) is 5.73 Å². The fourth-order valence-electron chi connectivity index (χ4n) is 1.65. The molecule has 9 heavy (non-hydrogen) atoms. The molecule has 2 atom stereocenters. The van der Waals surface area contributed by atoms with E-state index in [1.54, 1.807) is 0 Å². The molecule has 0 aromatic heterocycles. The third-order valence-electron chi connectivity index (χ3n) is 2.29. The molecule has 1 aliphatic rings. The average molecular weight is 128 g/mol. The van der Waals surface area contributed by atoms with Crippen LogP contribution in [0.1, 0.15) is 19.8 Å². The number of nitrogens with two attached hydrogens (primary N) is 1. The Morgan fingerprint density at radius 2 is 2.33 bits per heavy atom. The molecule has 0 bridgehead atoms. The highest BCUT2D eigenvalue weighted by Crippen LogP contribution is 2.15. The van der Waals surface area contributed by atoms with Crippen molar-refractivity contribution >= 4 is 0 Å². The minimum atomic E-state index is 0.431. The Balaban J connectivity index is 2.44. The van der Waals surface area contributed by atoms with E-state index in [9.17, 15) is 0 Å². The van der Waals surface area contributed by atoms with E-state index in [1.807, 2.05) is 0 Å². The maximum absolute atomic E-state index is 5.84. The largest absolute Gasteiger partial charge is 0.326 e. The van der Waals surface area contributed by atoms with Gasteiger partial charge in [-0.1, -0.05) is 6.92 Å². The molecule has 0 radical (unpaired) electrons. The predicted octanol–water partition coefficient (Wildman–Crippen LogP) is 0.428. The molecule has 1 aliphatic heterocycles. The zero-order chi connectivity index (χ0) is 6.85. The Kier molecular flexibility index (Phi) is 2.09. The number of nitrogens with zero attached hydrogens (tertiary/aromatic N) is 1. The quantitative estimate of drug-likeness (QED) is 0.555. The van der Waals surface area contributed by atoms with E-state index in [0.29, 0.717) is 12.1 Å². The van der Waals surface area contributed by atoms with E-state index in [1.165, 1.54) is 19.4 Å². The highest BCUT2D eigenvalue weighted by molar-refractivity contribution is 4.86. The van der Waals surface area contributed by atoms with Crippen molar-refractivity contribution in [1.29, 1.82) is 0 Å². The molecular weight excluding hydrogens is 112 g/mol. The summed E-state index contributed by atoms with van der Waals surface area (Å²) in [4.78, 5) is 2.35. The molecule has 2 heteroatoms. The number of likely N-dealkylation sites (N-methyl/N-ethyl adjacent to an activating group) is 1. The molecule has 0 aromatic rings. The highest BCUT2D eigenvalue weighted by Gasteiger charge is 2.26. The molecule has 0 spiro atoms. The third-order valence-corrected chi connectivity index (χ3v) is 2.29. The van der Waals surface area contributed by atoms with Crippen molar-refractivity contribution in [1.82, 2.24) is 4.90 Å². The van der Waals surface area contributed by atoms with Crippen LogP contribution in [0.25, 0.3) is 0 Å². The summed E-state index contributed by atoms with van der Waals surface area (Å²) in [6.45, 7) is 3.38. The van der Waals surface area contributed by atoms with Crippen LogP contribution in [0.4, 0.5) is 0 Å². The molecular formula is C7H16N2. The van der Waals surface area contributed by atoms with Gasteiger partial charge in [0.15, 0.2) is 0 Å². The van der Waals surface area contributed by atoms with Crippen LogP contribution in [0.3, 0.4) is 0 Å². The lowest BCUT2D eigenvalue weighted by Gasteiger charge is -2.20. The molecule has 0 saturated carbocycles. The molecule has 0 aromatic carbocycles. The van der Waals surface area contributed by atoms with Gasteiger partial charge in [-0.25, -0.2) is 0 Å². The monoisotopic (exact) mass is 128 g/mol. The molecule has 0 amide bonds. The fraction of sp³-hybridized carbons (Fsp3) is 1.00. The molecule has 1 fully saturated rings. The fourth-order valence-corrected chi connectivity index (χ4v) is 1.65. The second-order valence-corrected chi connectivity index (χ2v) is 2.91. The molecule has 1 rings (SSSR count). The number of hydrogen-bond donors (Lipinski definition) is 1. The highest BCUT2D eigenvalue weighted by atomic mass is 15.2. The summed E-state index contributed by atoms with van der Waals surface area (Å²) >= 11 is 0. The molecule has 1 saturated heterocycles. The van der Waals surface area contributed by atoms with E-state index in [4.69, 9.17) is 5.73 Å². The Hall–Kier alpha value is -0.0800. The predicted molar refractivity (Wildman–Crippen MR) is 39.3 cm³/mol. The molecule has 2 nitrogen and oxygen atoms in total. The summed E-state index contributed by atoms with van der Waals surface area (Å²) in [6.07, 6.45) is 2.37.